The molecule has 0 aliphatic heterocycles. The average Bonchev–Trinajstić information content (AvgIpc) is 2.74. The molecule has 2 aromatic carbocycles. The van der Waals surface area contributed by atoms with Gasteiger partial charge in [-0.1, -0.05) is 41.4 Å². The highest BCUT2D eigenvalue weighted by atomic mass is 35.5. The van der Waals surface area contributed by atoms with Gasteiger partial charge < -0.3 is 10.1 Å². The summed E-state index contributed by atoms with van der Waals surface area (Å²) in [4.78, 5) is 31.1. The lowest BCUT2D eigenvalue weighted by atomic mass is 10.2. The number of halogens is 1. The van der Waals surface area contributed by atoms with Crippen LogP contribution >= 0.6 is 11.6 Å². The van der Waals surface area contributed by atoms with Gasteiger partial charge in [0.25, 0.3) is 11.6 Å². The molecule has 0 atom stereocenters. The summed E-state index contributed by atoms with van der Waals surface area (Å²) in [6, 6.07) is 10.8. The van der Waals surface area contributed by atoms with E-state index in [0.29, 0.717) is 12.2 Å². The van der Waals surface area contributed by atoms with Crippen molar-refractivity contribution in [2.75, 3.05) is 11.9 Å². The number of hydrogen-bond donors (Lipinski definition) is 1. The van der Waals surface area contributed by atoms with Gasteiger partial charge in [-0.2, -0.15) is 0 Å². The molecule has 1 heterocycles. The molecular weight excluding hydrogens is 472 g/mol. The normalized spacial score (nSPS) is 11.1. The molecule has 0 saturated carbocycles. The van der Waals surface area contributed by atoms with Crippen molar-refractivity contribution < 1.29 is 22.9 Å². The van der Waals surface area contributed by atoms with Crippen LogP contribution in [0.5, 0.6) is 5.75 Å². The van der Waals surface area contributed by atoms with E-state index in [4.69, 9.17) is 16.3 Å². The molecule has 0 bridgehead atoms. The molecule has 1 amide bonds. The molecule has 0 saturated heterocycles. The number of aryl methyl sites for hydroxylation is 1. The van der Waals surface area contributed by atoms with E-state index in [1.54, 1.807) is 25.1 Å². The van der Waals surface area contributed by atoms with Crippen LogP contribution in [0.3, 0.4) is 0 Å². The molecule has 172 valence electrons. The maximum atomic E-state index is 12.8. The van der Waals surface area contributed by atoms with E-state index >= 15 is 0 Å². The van der Waals surface area contributed by atoms with Crippen molar-refractivity contribution in [1.29, 1.82) is 0 Å². The quantitative estimate of drug-likeness (QED) is 0.284. The van der Waals surface area contributed by atoms with Gasteiger partial charge in [0.15, 0.2) is 5.69 Å². The second kappa shape index (κ2) is 9.92. The summed E-state index contributed by atoms with van der Waals surface area (Å²) in [6.45, 7) is 3.86. The monoisotopic (exact) mass is 490 g/mol. The van der Waals surface area contributed by atoms with Gasteiger partial charge in [0.2, 0.25) is 15.0 Å². The van der Waals surface area contributed by atoms with Gasteiger partial charge in [0.05, 0.1) is 34.6 Å². The third-order valence-corrected chi connectivity index (χ3v) is 6.12. The number of nitro benzene ring substituents is 1. The second-order valence-electron chi connectivity index (χ2n) is 6.92. The lowest BCUT2D eigenvalue weighted by molar-refractivity contribution is -0.384. The van der Waals surface area contributed by atoms with Crippen LogP contribution in [0.4, 0.5) is 11.4 Å². The summed E-state index contributed by atoms with van der Waals surface area (Å²) in [6.07, 6.45) is 0.999. The molecule has 0 aliphatic carbocycles. The third kappa shape index (κ3) is 5.82. The summed E-state index contributed by atoms with van der Waals surface area (Å²) >= 11 is 6.02. The number of nitrogens with one attached hydrogen (secondary N) is 1. The topological polar surface area (TPSA) is 141 Å². The van der Waals surface area contributed by atoms with Gasteiger partial charge in [-0.3, -0.25) is 14.9 Å². The zero-order chi connectivity index (χ0) is 24.2. The van der Waals surface area contributed by atoms with Gasteiger partial charge in [0, 0.05) is 0 Å². The van der Waals surface area contributed by atoms with E-state index in [-0.39, 0.29) is 22.2 Å². The number of hydrogen-bond acceptors (Lipinski definition) is 8. The fraction of sp³-hybridized carbons (Fsp3) is 0.190. The zero-order valence-corrected chi connectivity index (χ0v) is 19.2. The van der Waals surface area contributed by atoms with E-state index < -0.39 is 37.2 Å². The number of carbonyl (C=O) groups is 1. The number of benzene rings is 2. The Kier molecular flexibility index (Phi) is 7.24. The van der Waals surface area contributed by atoms with Crippen molar-refractivity contribution in [2.24, 2.45) is 0 Å². The largest absolute Gasteiger partial charge is 0.494 e. The van der Waals surface area contributed by atoms with Crippen molar-refractivity contribution in [1.82, 2.24) is 9.97 Å². The van der Waals surface area contributed by atoms with Crippen LogP contribution in [0.1, 0.15) is 28.5 Å². The first-order chi connectivity index (χ1) is 15.6. The Labute approximate surface area is 194 Å². The van der Waals surface area contributed by atoms with Gasteiger partial charge in [-0.15, -0.1) is 0 Å². The van der Waals surface area contributed by atoms with Gasteiger partial charge >= 0.3 is 0 Å². The molecule has 0 unspecified atom stereocenters. The Balaban J connectivity index is 1.91. The number of sulfone groups is 1. The third-order valence-electron chi connectivity index (χ3n) is 4.38. The van der Waals surface area contributed by atoms with E-state index in [1.165, 1.54) is 18.2 Å². The minimum absolute atomic E-state index is 0.132. The SMILES string of the molecule is CCOc1ccc(NC(=O)c2nc(S(=O)(=O)Cc3cccc(C)c3)ncc2Cl)c([N+](=O)[O-])c1. The summed E-state index contributed by atoms with van der Waals surface area (Å²) in [7, 11) is -3.99. The molecular formula is C21H19ClN4O6S. The number of aromatic nitrogens is 2. The molecule has 0 fully saturated rings. The predicted molar refractivity (Wildman–Crippen MR) is 121 cm³/mol. The highest BCUT2D eigenvalue weighted by Gasteiger charge is 2.25. The van der Waals surface area contributed by atoms with E-state index in [9.17, 15) is 23.3 Å². The molecule has 10 nitrogen and oxygen atoms in total. The van der Waals surface area contributed by atoms with Crippen LogP contribution < -0.4 is 10.1 Å². The first kappa shape index (κ1) is 24.1. The molecule has 0 aliphatic rings. The zero-order valence-electron chi connectivity index (χ0n) is 17.6. The Morgan fingerprint density at radius 3 is 2.67 bits per heavy atom. The lowest BCUT2D eigenvalue weighted by Crippen LogP contribution is -2.18. The first-order valence-corrected chi connectivity index (χ1v) is 11.7. The first-order valence-electron chi connectivity index (χ1n) is 9.64. The summed E-state index contributed by atoms with van der Waals surface area (Å²) in [5, 5.41) is 13.0. The molecule has 0 spiro atoms. The Bertz CT molecular complexity index is 1330. The number of rotatable bonds is 8. The molecule has 1 aromatic heterocycles. The summed E-state index contributed by atoms with van der Waals surface area (Å²) < 4.78 is 30.8. The Hall–Kier alpha value is -3.57. The van der Waals surface area contributed by atoms with Crippen molar-refractivity contribution >= 4 is 38.7 Å². The number of nitrogens with zero attached hydrogens (tertiary/aromatic N) is 3. The van der Waals surface area contributed by atoms with Crippen LogP contribution in [-0.2, 0) is 15.6 Å². The minimum atomic E-state index is -3.99. The maximum Gasteiger partial charge on any atom is 0.296 e. The fourth-order valence-corrected chi connectivity index (χ4v) is 4.32. The van der Waals surface area contributed by atoms with Crippen LogP contribution in [0.2, 0.25) is 5.02 Å². The molecule has 1 N–H and O–H groups in total. The second-order valence-corrected chi connectivity index (χ2v) is 9.21. The highest BCUT2D eigenvalue weighted by Crippen LogP contribution is 2.30. The van der Waals surface area contributed by atoms with E-state index in [0.717, 1.165) is 11.8 Å². The van der Waals surface area contributed by atoms with Crippen LogP contribution in [0.15, 0.2) is 53.8 Å². The number of carbonyl (C=O) groups excluding carboxylic acids is 1. The minimum Gasteiger partial charge on any atom is -0.494 e. The van der Waals surface area contributed by atoms with Gasteiger partial charge in [0.1, 0.15) is 11.4 Å². The number of ether oxygens (including phenoxy) is 1. The number of anilines is 1. The number of nitro groups is 1. The summed E-state index contributed by atoms with van der Waals surface area (Å²) in [5.41, 5.74) is 0.443. The van der Waals surface area contributed by atoms with Gasteiger partial charge in [-0.05, 0) is 31.5 Å². The Morgan fingerprint density at radius 1 is 1.24 bits per heavy atom. The van der Waals surface area contributed by atoms with Crippen molar-refractivity contribution in [3.8, 4) is 5.75 Å². The van der Waals surface area contributed by atoms with Crippen molar-refractivity contribution in [2.45, 2.75) is 24.8 Å². The average molecular weight is 491 g/mol. The lowest BCUT2D eigenvalue weighted by Gasteiger charge is -2.10. The van der Waals surface area contributed by atoms with E-state index in [2.05, 4.69) is 15.3 Å². The molecule has 0 radical (unpaired) electrons. The molecule has 33 heavy (non-hydrogen) atoms. The highest BCUT2D eigenvalue weighted by molar-refractivity contribution is 7.90. The van der Waals surface area contributed by atoms with E-state index in [1.807, 2.05) is 13.0 Å². The molecule has 12 heteroatoms. The summed E-state index contributed by atoms with van der Waals surface area (Å²) in [5.74, 6) is -1.05. The Morgan fingerprint density at radius 2 is 2.00 bits per heavy atom. The predicted octanol–water partition coefficient (Wildman–Crippen LogP) is 3.97. The fourth-order valence-electron chi connectivity index (χ4n) is 2.95. The molecule has 3 rings (SSSR count). The maximum absolute atomic E-state index is 12.8. The van der Waals surface area contributed by atoms with Crippen LogP contribution in [0, 0.1) is 17.0 Å². The number of amides is 1. The van der Waals surface area contributed by atoms with Crippen molar-refractivity contribution in [3.05, 3.63) is 80.6 Å². The van der Waals surface area contributed by atoms with Crippen LogP contribution in [0.25, 0.3) is 0 Å². The molecule has 3 aromatic rings. The smallest absolute Gasteiger partial charge is 0.296 e. The standard InChI is InChI=1S/C21H19ClN4O6S/c1-3-32-15-7-8-17(18(10-15)26(28)29)24-20(27)19-16(22)11-23-21(25-19)33(30,31)12-14-6-4-5-13(2)9-14/h4-11H,3,12H2,1-2H3,(H,24,27). The van der Waals surface area contributed by atoms with Gasteiger partial charge in [-0.25, -0.2) is 18.4 Å². The van der Waals surface area contributed by atoms with Crippen LogP contribution in [-0.4, -0.2) is 35.8 Å². The van der Waals surface area contributed by atoms with Crippen molar-refractivity contribution in [3.63, 3.8) is 0 Å².